The molecule has 25 heavy (non-hydrogen) atoms. The minimum Gasteiger partial charge on any atom is -0.356 e. The van der Waals surface area contributed by atoms with Gasteiger partial charge >= 0.3 is 0 Å². The van der Waals surface area contributed by atoms with Crippen LogP contribution in [0.5, 0.6) is 0 Å². The first-order valence-electron chi connectivity index (χ1n) is 7.81. The average Bonchev–Trinajstić information content (AvgIpc) is 2.87. The molecule has 1 aliphatic rings. The number of rotatable bonds is 3. The summed E-state index contributed by atoms with van der Waals surface area (Å²) < 4.78 is 20.7. The lowest BCUT2D eigenvalue weighted by Crippen LogP contribution is -2.51. The number of aromatic nitrogens is 2. The van der Waals surface area contributed by atoms with Crippen molar-refractivity contribution in [1.29, 1.82) is 0 Å². The first kappa shape index (κ1) is 17.1. The Balaban J connectivity index is 1.90. The van der Waals surface area contributed by atoms with Gasteiger partial charge < -0.3 is 15.0 Å². The van der Waals surface area contributed by atoms with Gasteiger partial charge in [-0.15, -0.1) is 0 Å². The van der Waals surface area contributed by atoms with E-state index >= 15 is 0 Å². The number of amides is 2. The van der Waals surface area contributed by atoms with Gasteiger partial charge in [-0.05, 0) is 24.6 Å². The minimum atomic E-state index is -0.959. The fraction of sp³-hybridized carbons (Fsp3) is 0.353. The van der Waals surface area contributed by atoms with Crippen molar-refractivity contribution in [2.24, 2.45) is 7.05 Å². The molecule has 0 unspecified atom stereocenters. The van der Waals surface area contributed by atoms with Gasteiger partial charge in [0.25, 0.3) is 5.91 Å². The first-order chi connectivity index (χ1) is 11.9. The van der Waals surface area contributed by atoms with Crippen LogP contribution in [-0.2, 0) is 21.4 Å². The molecule has 2 atom stereocenters. The van der Waals surface area contributed by atoms with Gasteiger partial charge in [-0.1, -0.05) is 12.1 Å². The van der Waals surface area contributed by atoms with Crippen molar-refractivity contribution >= 4 is 17.6 Å². The third-order valence-corrected chi connectivity index (χ3v) is 4.19. The molecule has 1 aromatic carbocycles. The second kappa shape index (κ2) is 6.64. The van der Waals surface area contributed by atoms with Crippen molar-refractivity contribution in [2.75, 3.05) is 19.0 Å². The van der Waals surface area contributed by atoms with E-state index in [1.807, 2.05) is 6.92 Å². The van der Waals surface area contributed by atoms with Crippen LogP contribution in [0.1, 0.15) is 17.3 Å². The van der Waals surface area contributed by atoms with E-state index in [9.17, 15) is 14.0 Å². The fourth-order valence-electron chi connectivity index (χ4n) is 2.95. The van der Waals surface area contributed by atoms with Crippen LogP contribution >= 0.6 is 0 Å². The SMILES string of the molecule is Cc1cc(NC(=O)[C@H]2OCC(=O)N(C)[C@@H]2c2cccc(F)c2)n(C)n1. The molecule has 2 heterocycles. The standard InChI is InChI=1S/C17H19FN4O3/c1-10-7-13(22(3)20-10)19-17(24)16-15(21(2)14(23)9-25-16)11-5-4-6-12(18)8-11/h4-8,15-16H,9H2,1-3H3,(H,19,24)/t15-,16+/m1/s1. The monoisotopic (exact) mass is 346 g/mol. The molecule has 0 saturated carbocycles. The molecule has 0 spiro atoms. The van der Waals surface area contributed by atoms with Crippen LogP contribution in [0.4, 0.5) is 10.2 Å². The summed E-state index contributed by atoms with van der Waals surface area (Å²) in [6.45, 7) is 1.61. The molecule has 1 aromatic heterocycles. The number of halogens is 1. The van der Waals surface area contributed by atoms with Gasteiger partial charge in [0, 0.05) is 20.2 Å². The zero-order valence-corrected chi connectivity index (χ0v) is 14.2. The van der Waals surface area contributed by atoms with Crippen LogP contribution in [0.3, 0.4) is 0 Å². The van der Waals surface area contributed by atoms with E-state index in [4.69, 9.17) is 4.74 Å². The number of carbonyl (C=O) groups excluding carboxylic acids is 2. The van der Waals surface area contributed by atoms with E-state index in [0.717, 1.165) is 5.69 Å². The van der Waals surface area contributed by atoms with E-state index in [1.165, 1.54) is 23.1 Å². The Bertz CT molecular complexity index is 820. The number of hydrogen-bond donors (Lipinski definition) is 1. The molecule has 1 aliphatic heterocycles. The maximum atomic E-state index is 13.6. The molecule has 0 aliphatic carbocycles. The summed E-state index contributed by atoms with van der Waals surface area (Å²) in [6.07, 6.45) is -0.959. The van der Waals surface area contributed by atoms with Crippen molar-refractivity contribution in [2.45, 2.75) is 19.1 Å². The number of nitrogens with zero attached hydrogens (tertiary/aromatic N) is 3. The lowest BCUT2D eigenvalue weighted by molar-refractivity contribution is -0.160. The summed E-state index contributed by atoms with van der Waals surface area (Å²) in [4.78, 5) is 26.2. The van der Waals surface area contributed by atoms with Gasteiger partial charge in [-0.2, -0.15) is 5.10 Å². The molecule has 132 valence electrons. The zero-order chi connectivity index (χ0) is 18.1. The number of carbonyl (C=O) groups is 2. The van der Waals surface area contributed by atoms with Crippen molar-refractivity contribution in [3.8, 4) is 0 Å². The van der Waals surface area contributed by atoms with Crippen LogP contribution in [0.2, 0.25) is 0 Å². The molecule has 1 fully saturated rings. The molecular formula is C17H19FN4O3. The number of likely N-dealkylation sites (N-methyl/N-ethyl adjacent to an activating group) is 1. The molecule has 0 bridgehead atoms. The number of aryl methyl sites for hydroxylation is 2. The molecule has 7 nitrogen and oxygen atoms in total. The smallest absolute Gasteiger partial charge is 0.257 e. The molecule has 1 N–H and O–H groups in total. The van der Waals surface area contributed by atoms with Crippen LogP contribution in [0.25, 0.3) is 0 Å². The quantitative estimate of drug-likeness (QED) is 0.912. The van der Waals surface area contributed by atoms with Crippen LogP contribution in [0.15, 0.2) is 30.3 Å². The maximum absolute atomic E-state index is 13.6. The summed E-state index contributed by atoms with van der Waals surface area (Å²) in [6, 6.07) is 6.83. The molecule has 8 heteroatoms. The predicted molar refractivity (Wildman–Crippen MR) is 88.2 cm³/mol. The molecule has 2 amide bonds. The van der Waals surface area contributed by atoms with Crippen LogP contribution < -0.4 is 5.32 Å². The summed E-state index contributed by atoms with van der Waals surface area (Å²) in [5.74, 6) is -0.611. The molecule has 1 saturated heterocycles. The summed E-state index contributed by atoms with van der Waals surface area (Å²) in [7, 11) is 3.29. The van der Waals surface area contributed by atoms with Crippen LogP contribution in [-0.4, -0.2) is 46.3 Å². The minimum absolute atomic E-state index is 0.204. The van der Waals surface area contributed by atoms with E-state index in [1.54, 1.807) is 30.9 Å². The van der Waals surface area contributed by atoms with Crippen molar-refractivity contribution in [3.63, 3.8) is 0 Å². The largest absolute Gasteiger partial charge is 0.356 e. The van der Waals surface area contributed by atoms with Gasteiger partial charge in [0.2, 0.25) is 5.91 Å². The number of anilines is 1. The van der Waals surface area contributed by atoms with Gasteiger partial charge in [0.15, 0.2) is 6.10 Å². The van der Waals surface area contributed by atoms with Crippen molar-refractivity contribution in [1.82, 2.24) is 14.7 Å². The summed E-state index contributed by atoms with van der Waals surface area (Å²) in [5.41, 5.74) is 1.26. The summed E-state index contributed by atoms with van der Waals surface area (Å²) in [5, 5.41) is 6.93. The zero-order valence-electron chi connectivity index (χ0n) is 14.2. The predicted octanol–water partition coefficient (Wildman–Crippen LogP) is 1.40. The Labute approximate surface area is 144 Å². The molecular weight excluding hydrogens is 327 g/mol. The van der Waals surface area contributed by atoms with Gasteiger partial charge in [-0.3, -0.25) is 14.3 Å². The highest BCUT2D eigenvalue weighted by molar-refractivity contribution is 5.95. The second-order valence-corrected chi connectivity index (χ2v) is 6.02. The van der Waals surface area contributed by atoms with E-state index < -0.39 is 23.9 Å². The maximum Gasteiger partial charge on any atom is 0.257 e. The molecule has 2 aromatic rings. The van der Waals surface area contributed by atoms with Crippen molar-refractivity contribution < 1.29 is 18.7 Å². The van der Waals surface area contributed by atoms with Crippen molar-refractivity contribution in [3.05, 3.63) is 47.4 Å². The number of ether oxygens (including phenoxy) is 1. The molecule has 0 radical (unpaired) electrons. The lowest BCUT2D eigenvalue weighted by Gasteiger charge is -2.38. The normalized spacial score (nSPS) is 20.6. The van der Waals surface area contributed by atoms with E-state index in [0.29, 0.717) is 11.4 Å². The van der Waals surface area contributed by atoms with Gasteiger partial charge in [-0.25, -0.2) is 4.39 Å². The Kier molecular flexibility index (Phi) is 4.54. The fourth-order valence-corrected chi connectivity index (χ4v) is 2.95. The highest BCUT2D eigenvalue weighted by atomic mass is 19.1. The number of nitrogens with one attached hydrogen (secondary N) is 1. The number of hydrogen-bond acceptors (Lipinski definition) is 4. The average molecular weight is 346 g/mol. The Morgan fingerprint density at radius 1 is 1.36 bits per heavy atom. The second-order valence-electron chi connectivity index (χ2n) is 6.02. The highest BCUT2D eigenvalue weighted by Gasteiger charge is 2.40. The number of benzene rings is 1. The lowest BCUT2D eigenvalue weighted by atomic mass is 9.97. The van der Waals surface area contributed by atoms with E-state index in [-0.39, 0.29) is 12.5 Å². The molecule has 3 rings (SSSR count). The topological polar surface area (TPSA) is 76.5 Å². The third-order valence-electron chi connectivity index (χ3n) is 4.19. The number of morpholine rings is 1. The summed E-state index contributed by atoms with van der Waals surface area (Å²) >= 11 is 0. The van der Waals surface area contributed by atoms with Crippen LogP contribution in [0, 0.1) is 12.7 Å². The Morgan fingerprint density at radius 3 is 2.76 bits per heavy atom. The Hall–Kier alpha value is -2.74. The van der Waals surface area contributed by atoms with Gasteiger partial charge in [0.05, 0.1) is 11.7 Å². The van der Waals surface area contributed by atoms with Gasteiger partial charge in [0.1, 0.15) is 18.2 Å². The Morgan fingerprint density at radius 2 is 2.12 bits per heavy atom. The highest BCUT2D eigenvalue weighted by Crippen LogP contribution is 2.30. The third kappa shape index (κ3) is 3.39. The van der Waals surface area contributed by atoms with E-state index in [2.05, 4.69) is 10.4 Å². The first-order valence-corrected chi connectivity index (χ1v) is 7.81.